The summed E-state index contributed by atoms with van der Waals surface area (Å²) in [5.41, 5.74) is 3.16. The molecule has 1 aliphatic heterocycles. The monoisotopic (exact) mass is 272 g/mol. The molecule has 20 heavy (non-hydrogen) atoms. The van der Waals surface area contributed by atoms with E-state index in [-0.39, 0.29) is 12.1 Å². The van der Waals surface area contributed by atoms with Crippen LogP contribution in [0.25, 0.3) is 0 Å². The van der Waals surface area contributed by atoms with Gasteiger partial charge in [0.2, 0.25) is 0 Å². The average Bonchev–Trinajstić information content (AvgIpc) is 2.80. The summed E-state index contributed by atoms with van der Waals surface area (Å²) < 4.78 is 0. The van der Waals surface area contributed by atoms with Crippen molar-refractivity contribution in [1.82, 2.24) is 10.2 Å². The van der Waals surface area contributed by atoms with Crippen LogP contribution in [0.1, 0.15) is 37.8 Å². The lowest BCUT2D eigenvalue weighted by molar-refractivity contribution is 0.0238. The van der Waals surface area contributed by atoms with Gasteiger partial charge >= 0.3 is 6.03 Å². The van der Waals surface area contributed by atoms with Crippen LogP contribution >= 0.6 is 0 Å². The van der Waals surface area contributed by atoms with Crippen molar-refractivity contribution in [3.63, 3.8) is 0 Å². The molecule has 3 nitrogen and oxygen atoms in total. The van der Waals surface area contributed by atoms with Crippen molar-refractivity contribution >= 4 is 6.03 Å². The van der Waals surface area contributed by atoms with Gasteiger partial charge in [0.25, 0.3) is 0 Å². The summed E-state index contributed by atoms with van der Waals surface area (Å²) in [7, 11) is 0. The third kappa shape index (κ3) is 2.30. The van der Waals surface area contributed by atoms with Crippen LogP contribution < -0.4 is 5.32 Å². The Kier molecular flexibility index (Phi) is 3.45. The van der Waals surface area contributed by atoms with Crippen molar-refractivity contribution in [3.8, 4) is 0 Å². The van der Waals surface area contributed by atoms with E-state index in [1.54, 1.807) is 0 Å². The minimum Gasteiger partial charge on any atom is -0.335 e. The number of amides is 2. The predicted molar refractivity (Wildman–Crippen MR) is 80.8 cm³/mol. The van der Waals surface area contributed by atoms with Crippen molar-refractivity contribution in [3.05, 3.63) is 35.4 Å². The number of hydrogen-bond donors (Lipinski definition) is 1. The van der Waals surface area contributed by atoms with E-state index in [1.807, 2.05) is 4.90 Å². The Bertz CT molecular complexity index is 474. The number of rotatable bonds is 3. The summed E-state index contributed by atoms with van der Waals surface area (Å²) in [4.78, 5) is 14.2. The summed E-state index contributed by atoms with van der Waals surface area (Å²) in [5.74, 6) is 0. The van der Waals surface area contributed by atoms with Gasteiger partial charge in [0, 0.05) is 24.5 Å². The highest BCUT2D eigenvalue weighted by atomic mass is 16.2. The Labute approximate surface area is 121 Å². The highest BCUT2D eigenvalue weighted by molar-refractivity contribution is 5.76. The quantitative estimate of drug-likeness (QED) is 0.901. The number of urea groups is 1. The number of carbonyl (C=O) groups is 1. The minimum atomic E-state index is 0.125. The molecule has 1 fully saturated rings. The number of nitrogens with one attached hydrogen (secondary N) is 1. The molecule has 1 saturated heterocycles. The summed E-state index contributed by atoms with van der Waals surface area (Å²) >= 11 is 0. The first kappa shape index (κ1) is 13.5. The van der Waals surface area contributed by atoms with Crippen LogP contribution in [0.5, 0.6) is 0 Å². The molecule has 3 heteroatoms. The highest BCUT2D eigenvalue weighted by Crippen LogP contribution is 2.37. The number of carbonyl (C=O) groups excluding carboxylic acids is 1. The molecule has 1 aromatic carbocycles. The SMILES string of the molecule is CCC1(CC)CN(C(=O)NC2Cc3ccccc3C2)C1. The molecule has 1 N–H and O–H groups in total. The van der Waals surface area contributed by atoms with E-state index in [0.717, 1.165) is 25.9 Å². The summed E-state index contributed by atoms with van der Waals surface area (Å²) in [6.07, 6.45) is 4.29. The average molecular weight is 272 g/mol. The van der Waals surface area contributed by atoms with Crippen LogP contribution in [0.3, 0.4) is 0 Å². The van der Waals surface area contributed by atoms with Crippen LogP contribution in [0.4, 0.5) is 4.79 Å². The highest BCUT2D eigenvalue weighted by Gasteiger charge is 2.42. The van der Waals surface area contributed by atoms with E-state index in [0.29, 0.717) is 5.41 Å². The fourth-order valence-electron chi connectivity index (χ4n) is 3.53. The molecule has 108 valence electrons. The molecule has 0 bridgehead atoms. The first-order valence-corrected chi connectivity index (χ1v) is 7.78. The largest absolute Gasteiger partial charge is 0.335 e. The molecule has 1 aromatic rings. The van der Waals surface area contributed by atoms with Crippen LogP contribution in [0, 0.1) is 5.41 Å². The molecule has 0 aromatic heterocycles. The maximum Gasteiger partial charge on any atom is 0.317 e. The lowest BCUT2D eigenvalue weighted by Crippen LogP contribution is -2.61. The maximum absolute atomic E-state index is 12.3. The second-order valence-electron chi connectivity index (χ2n) is 6.39. The van der Waals surface area contributed by atoms with E-state index in [1.165, 1.54) is 24.0 Å². The smallest absolute Gasteiger partial charge is 0.317 e. The van der Waals surface area contributed by atoms with Crippen molar-refractivity contribution < 1.29 is 4.79 Å². The van der Waals surface area contributed by atoms with Gasteiger partial charge in [0.1, 0.15) is 0 Å². The first-order chi connectivity index (χ1) is 9.65. The van der Waals surface area contributed by atoms with E-state index < -0.39 is 0 Å². The lowest BCUT2D eigenvalue weighted by atomic mass is 9.75. The maximum atomic E-state index is 12.3. The summed E-state index contributed by atoms with van der Waals surface area (Å²) in [6, 6.07) is 8.90. The van der Waals surface area contributed by atoms with E-state index in [4.69, 9.17) is 0 Å². The normalized spacial score (nSPS) is 20.4. The van der Waals surface area contributed by atoms with Crippen molar-refractivity contribution in [1.29, 1.82) is 0 Å². The first-order valence-electron chi connectivity index (χ1n) is 7.78. The number of nitrogens with zero attached hydrogens (tertiary/aromatic N) is 1. The molecule has 0 unspecified atom stereocenters. The van der Waals surface area contributed by atoms with Gasteiger partial charge in [-0.25, -0.2) is 4.79 Å². The Morgan fingerprint density at radius 2 is 1.75 bits per heavy atom. The molecule has 2 aliphatic rings. The van der Waals surface area contributed by atoms with E-state index in [9.17, 15) is 4.79 Å². The van der Waals surface area contributed by atoms with Crippen molar-refractivity contribution in [2.75, 3.05) is 13.1 Å². The molecule has 0 saturated carbocycles. The standard InChI is InChI=1S/C17H24N2O/c1-3-17(4-2)11-19(12-17)16(20)18-15-9-13-7-5-6-8-14(13)10-15/h5-8,15H,3-4,9-12H2,1-2H3,(H,18,20). The van der Waals surface area contributed by atoms with Crippen LogP contribution in [-0.2, 0) is 12.8 Å². The van der Waals surface area contributed by atoms with Gasteiger partial charge in [-0.15, -0.1) is 0 Å². The zero-order chi connectivity index (χ0) is 14.2. The molecular weight excluding hydrogens is 248 g/mol. The van der Waals surface area contributed by atoms with Gasteiger partial charge in [-0.05, 0) is 36.8 Å². The minimum absolute atomic E-state index is 0.125. The zero-order valence-corrected chi connectivity index (χ0v) is 12.5. The second kappa shape index (κ2) is 5.12. The van der Waals surface area contributed by atoms with Gasteiger partial charge in [-0.2, -0.15) is 0 Å². The molecule has 1 aliphatic carbocycles. The molecule has 1 heterocycles. The molecule has 0 radical (unpaired) electrons. The van der Waals surface area contributed by atoms with Gasteiger partial charge in [0.05, 0.1) is 0 Å². The lowest BCUT2D eigenvalue weighted by Gasteiger charge is -2.49. The number of benzene rings is 1. The van der Waals surface area contributed by atoms with Crippen LogP contribution in [-0.4, -0.2) is 30.1 Å². The zero-order valence-electron chi connectivity index (χ0n) is 12.5. The Balaban J connectivity index is 1.52. The Morgan fingerprint density at radius 3 is 2.25 bits per heavy atom. The molecule has 0 spiro atoms. The molecule has 2 amide bonds. The Morgan fingerprint density at radius 1 is 1.20 bits per heavy atom. The fraction of sp³-hybridized carbons (Fsp3) is 0.588. The van der Waals surface area contributed by atoms with E-state index >= 15 is 0 Å². The molecular formula is C17H24N2O. The summed E-state index contributed by atoms with van der Waals surface area (Å²) in [5, 5.41) is 3.20. The van der Waals surface area contributed by atoms with E-state index in [2.05, 4.69) is 43.4 Å². The third-order valence-corrected chi connectivity index (χ3v) is 5.22. The van der Waals surface area contributed by atoms with Gasteiger partial charge < -0.3 is 10.2 Å². The summed E-state index contributed by atoms with van der Waals surface area (Å²) in [6.45, 7) is 6.30. The number of fused-ring (bicyclic) bond motifs is 1. The second-order valence-corrected chi connectivity index (χ2v) is 6.39. The molecule has 3 rings (SSSR count). The third-order valence-electron chi connectivity index (χ3n) is 5.22. The number of hydrogen-bond acceptors (Lipinski definition) is 1. The molecule has 0 atom stereocenters. The van der Waals surface area contributed by atoms with Gasteiger partial charge in [-0.1, -0.05) is 38.1 Å². The number of likely N-dealkylation sites (tertiary alicyclic amines) is 1. The van der Waals surface area contributed by atoms with Gasteiger partial charge in [-0.3, -0.25) is 0 Å². The Hall–Kier alpha value is -1.51. The van der Waals surface area contributed by atoms with Gasteiger partial charge in [0.15, 0.2) is 0 Å². The van der Waals surface area contributed by atoms with Crippen LogP contribution in [0.15, 0.2) is 24.3 Å². The van der Waals surface area contributed by atoms with Crippen molar-refractivity contribution in [2.24, 2.45) is 5.41 Å². The fourth-order valence-corrected chi connectivity index (χ4v) is 3.53. The topological polar surface area (TPSA) is 32.3 Å². The van der Waals surface area contributed by atoms with Crippen LogP contribution in [0.2, 0.25) is 0 Å². The predicted octanol–water partition coefficient (Wildman–Crippen LogP) is 2.99. The van der Waals surface area contributed by atoms with Crippen molar-refractivity contribution in [2.45, 2.75) is 45.6 Å².